The number of ether oxygens (including phenoxy) is 1. The van der Waals surface area contributed by atoms with Crippen LogP contribution in [0.2, 0.25) is 0 Å². The van der Waals surface area contributed by atoms with Gasteiger partial charge in [0.2, 0.25) is 0 Å². The Morgan fingerprint density at radius 1 is 1.20 bits per heavy atom. The first kappa shape index (κ1) is 11.6. The van der Waals surface area contributed by atoms with Gasteiger partial charge in [0.25, 0.3) is 0 Å². The Labute approximate surface area is 104 Å². The van der Waals surface area contributed by atoms with Gasteiger partial charge in [-0.3, -0.25) is 0 Å². The molecule has 80 valence electrons. The normalized spacial score (nSPS) is 17.7. The monoisotopic (exact) mass is 331 g/mol. The topological polar surface area (TPSA) is 21.3 Å². The summed E-state index contributed by atoms with van der Waals surface area (Å²) in [5.41, 5.74) is 0. The second kappa shape index (κ2) is 5.97. The molecule has 0 aliphatic carbocycles. The Morgan fingerprint density at radius 3 is 2.47 bits per heavy atom. The summed E-state index contributed by atoms with van der Waals surface area (Å²) in [6, 6.07) is 8.27. The minimum atomic E-state index is -0.798. The van der Waals surface area contributed by atoms with Crippen molar-refractivity contribution < 1.29 is 4.74 Å². The molecule has 0 amide bonds. The predicted molar refractivity (Wildman–Crippen MR) is 64.2 cm³/mol. The molecule has 0 atom stereocenters. The molecule has 1 heterocycles. The number of piperidine rings is 1. The molecule has 1 saturated heterocycles. The van der Waals surface area contributed by atoms with E-state index in [0.29, 0.717) is 6.10 Å². The van der Waals surface area contributed by atoms with Crippen LogP contribution in [0.15, 0.2) is 24.3 Å². The Kier molecular flexibility index (Phi) is 4.59. The molecule has 4 heteroatoms. The van der Waals surface area contributed by atoms with Crippen molar-refractivity contribution in [3.63, 3.8) is 0 Å². The molecule has 1 fully saturated rings. The molecule has 0 unspecified atom stereocenters. The fourth-order valence-corrected chi connectivity index (χ4v) is 3.38. The first-order chi connectivity index (χ1) is 7.38. The van der Waals surface area contributed by atoms with Gasteiger partial charge in [-0.2, -0.15) is 0 Å². The SMILES string of the molecule is [Cl][Sn][c]1ccc(OC2CCNCC2)cc1. The third-order valence-electron chi connectivity index (χ3n) is 2.55. The number of hydrogen-bond acceptors (Lipinski definition) is 2. The van der Waals surface area contributed by atoms with Crippen LogP contribution in [0.3, 0.4) is 0 Å². The molecule has 1 aliphatic rings. The summed E-state index contributed by atoms with van der Waals surface area (Å²) in [5, 5.41) is 3.33. The van der Waals surface area contributed by atoms with Crippen molar-refractivity contribution in [2.75, 3.05) is 13.1 Å². The molecule has 2 radical (unpaired) electrons. The van der Waals surface area contributed by atoms with Crippen molar-refractivity contribution in [2.45, 2.75) is 18.9 Å². The molecular weight excluding hydrogens is 316 g/mol. The average Bonchev–Trinajstić information content (AvgIpc) is 2.31. The number of halogens is 1. The second-order valence-electron chi connectivity index (χ2n) is 3.69. The molecule has 1 aliphatic heterocycles. The third kappa shape index (κ3) is 3.54. The van der Waals surface area contributed by atoms with Gasteiger partial charge < -0.3 is 0 Å². The molecule has 1 N–H and O–H groups in total. The van der Waals surface area contributed by atoms with Gasteiger partial charge in [0, 0.05) is 0 Å². The van der Waals surface area contributed by atoms with E-state index < -0.39 is 20.0 Å². The van der Waals surface area contributed by atoms with E-state index in [1.54, 1.807) is 0 Å². The summed E-state index contributed by atoms with van der Waals surface area (Å²) in [6.07, 6.45) is 2.59. The zero-order valence-electron chi connectivity index (χ0n) is 8.50. The van der Waals surface area contributed by atoms with E-state index in [0.717, 1.165) is 31.7 Å². The van der Waals surface area contributed by atoms with Crippen molar-refractivity contribution >= 4 is 32.5 Å². The van der Waals surface area contributed by atoms with Crippen LogP contribution in [0.4, 0.5) is 0 Å². The maximum absolute atomic E-state index is 5.89. The Morgan fingerprint density at radius 2 is 1.87 bits per heavy atom. The first-order valence-corrected chi connectivity index (χ1v) is 10.3. The second-order valence-corrected chi connectivity index (χ2v) is 7.14. The summed E-state index contributed by atoms with van der Waals surface area (Å²) >= 11 is -0.798. The molecule has 1 aromatic rings. The van der Waals surface area contributed by atoms with Gasteiger partial charge in [-0.05, 0) is 0 Å². The van der Waals surface area contributed by atoms with Crippen LogP contribution in [0.25, 0.3) is 0 Å². The van der Waals surface area contributed by atoms with Gasteiger partial charge >= 0.3 is 105 Å². The molecule has 2 rings (SSSR count). The van der Waals surface area contributed by atoms with Gasteiger partial charge in [-0.15, -0.1) is 0 Å². The van der Waals surface area contributed by atoms with Gasteiger partial charge in [-0.1, -0.05) is 0 Å². The van der Waals surface area contributed by atoms with E-state index in [2.05, 4.69) is 17.4 Å². The number of benzene rings is 1. The molecular formula is C11H14ClNOSn. The van der Waals surface area contributed by atoms with Gasteiger partial charge in [-0.25, -0.2) is 0 Å². The van der Waals surface area contributed by atoms with E-state index in [-0.39, 0.29) is 0 Å². The fraction of sp³-hybridized carbons (Fsp3) is 0.455. The fourth-order valence-electron chi connectivity index (χ4n) is 1.70. The Balaban J connectivity index is 1.91. The number of hydrogen-bond donors (Lipinski definition) is 1. The number of rotatable bonds is 3. The van der Waals surface area contributed by atoms with Gasteiger partial charge in [0.05, 0.1) is 0 Å². The van der Waals surface area contributed by atoms with E-state index >= 15 is 0 Å². The van der Waals surface area contributed by atoms with Gasteiger partial charge in [0.1, 0.15) is 0 Å². The minimum absolute atomic E-state index is 0.382. The first-order valence-electron chi connectivity index (χ1n) is 5.22. The summed E-state index contributed by atoms with van der Waals surface area (Å²) < 4.78 is 7.19. The van der Waals surface area contributed by atoms with Crippen LogP contribution in [0.1, 0.15) is 12.8 Å². The van der Waals surface area contributed by atoms with Crippen LogP contribution >= 0.6 is 8.92 Å². The van der Waals surface area contributed by atoms with E-state index in [9.17, 15) is 0 Å². The molecule has 0 bridgehead atoms. The van der Waals surface area contributed by atoms with E-state index in [1.807, 2.05) is 12.1 Å². The van der Waals surface area contributed by atoms with Crippen molar-refractivity contribution in [1.82, 2.24) is 5.32 Å². The van der Waals surface area contributed by atoms with Gasteiger partial charge in [0.15, 0.2) is 0 Å². The van der Waals surface area contributed by atoms with Crippen LogP contribution in [-0.4, -0.2) is 39.2 Å². The van der Waals surface area contributed by atoms with E-state index in [1.165, 1.54) is 3.58 Å². The Bertz CT molecular complexity index is 298. The van der Waals surface area contributed by atoms with Crippen LogP contribution in [0, 0.1) is 0 Å². The molecule has 0 saturated carbocycles. The van der Waals surface area contributed by atoms with Crippen molar-refractivity contribution in [2.24, 2.45) is 0 Å². The zero-order chi connectivity index (χ0) is 10.5. The van der Waals surface area contributed by atoms with Crippen molar-refractivity contribution in [3.05, 3.63) is 24.3 Å². The van der Waals surface area contributed by atoms with Crippen LogP contribution in [-0.2, 0) is 0 Å². The quantitative estimate of drug-likeness (QED) is 0.844. The zero-order valence-corrected chi connectivity index (χ0v) is 12.1. The number of nitrogens with one attached hydrogen (secondary N) is 1. The average molecular weight is 330 g/mol. The summed E-state index contributed by atoms with van der Waals surface area (Å²) in [4.78, 5) is 0. The Hall–Kier alpha value is 0.0687. The molecule has 15 heavy (non-hydrogen) atoms. The van der Waals surface area contributed by atoms with Crippen LogP contribution < -0.4 is 13.6 Å². The predicted octanol–water partition coefficient (Wildman–Crippen LogP) is 1.30. The molecule has 0 aromatic heterocycles. The molecule has 0 spiro atoms. The van der Waals surface area contributed by atoms with Crippen LogP contribution in [0.5, 0.6) is 5.75 Å². The van der Waals surface area contributed by atoms with Crippen molar-refractivity contribution in [1.29, 1.82) is 0 Å². The summed E-state index contributed by atoms with van der Waals surface area (Å²) in [7, 11) is 5.89. The van der Waals surface area contributed by atoms with E-state index in [4.69, 9.17) is 13.7 Å². The molecule has 2 nitrogen and oxygen atoms in total. The summed E-state index contributed by atoms with van der Waals surface area (Å²) in [5.74, 6) is 0.982. The molecule has 1 aromatic carbocycles. The third-order valence-corrected chi connectivity index (χ3v) is 5.59. The summed E-state index contributed by atoms with van der Waals surface area (Å²) in [6.45, 7) is 2.14. The van der Waals surface area contributed by atoms with Crippen molar-refractivity contribution in [3.8, 4) is 5.75 Å². The maximum atomic E-state index is 5.89. The standard InChI is InChI=1S/C11H14NO.ClH.Sn/c1-2-4-10(5-3-1)13-11-6-8-12-9-7-11;;/h2-5,11-12H,6-9H2;1H;/q;;+1/p-1.